The molecule has 3 rings (SSSR count). The first-order chi connectivity index (χ1) is 28.0. The van der Waals surface area contributed by atoms with E-state index in [1.165, 1.54) is 29.2 Å². The number of nitrogens with zero attached hydrogens (tertiary/aromatic N) is 2. The second-order valence-electron chi connectivity index (χ2n) is 13.9. The number of aliphatic imine (C=N–C) groups is 1. The maximum Gasteiger partial charge on any atom is 0.326 e. The zero-order valence-corrected chi connectivity index (χ0v) is 32.4. The van der Waals surface area contributed by atoms with E-state index in [4.69, 9.17) is 22.9 Å². The van der Waals surface area contributed by atoms with Crippen molar-refractivity contribution in [1.29, 1.82) is 0 Å². The molecule has 0 aromatic heterocycles. The lowest BCUT2D eigenvalue weighted by Gasteiger charge is -2.29. The molecule has 5 atom stereocenters. The summed E-state index contributed by atoms with van der Waals surface area (Å²) < 4.78 is 0. The highest BCUT2D eigenvalue weighted by molar-refractivity contribution is 5.96. The number of carboxylic acids is 1. The monoisotopic (exact) mass is 823 g/mol. The van der Waals surface area contributed by atoms with Gasteiger partial charge in [-0.15, -0.1) is 0 Å². The minimum Gasteiger partial charge on any atom is -0.508 e. The standard InChI is InChI=1S/C38H53N11O10/c39-25(14-15-30(40)51)33(54)44-20-31(52)46-26(8-4-16-43-38(41)42)34(55)45-21-32(53)47-27(18-22-6-2-1-3-7-22)36(57)49-17-5-9-29(49)35(56)48-28(37(58)59)19-23-10-12-24(50)13-11-23/h1-3,6-7,10-13,25-29,50H,4-5,8-9,14-21,39H2,(H2,40,51)(H,44,54)(H,45,55)(H,46,52)(H,47,53)(H,48,56)(H,58,59)(H4,41,42,43)/t25-,26-,27-,28-,29-/m0/s1. The number of phenols is 1. The number of aliphatic carboxylic acids is 1. The van der Waals surface area contributed by atoms with Crippen LogP contribution in [0.15, 0.2) is 59.6 Å². The summed E-state index contributed by atoms with van der Waals surface area (Å²) in [6.45, 7) is -0.909. The second kappa shape index (κ2) is 23.5. The molecule has 0 saturated carbocycles. The number of nitrogens with two attached hydrogens (primary N) is 4. The molecule has 1 heterocycles. The summed E-state index contributed by atoms with van der Waals surface area (Å²) in [6, 6.07) is 8.75. The maximum absolute atomic E-state index is 14.1. The molecule has 0 aliphatic carbocycles. The lowest BCUT2D eigenvalue weighted by molar-refractivity contribution is -0.144. The van der Waals surface area contributed by atoms with Crippen molar-refractivity contribution in [3.05, 3.63) is 65.7 Å². The van der Waals surface area contributed by atoms with E-state index in [0.717, 1.165) is 0 Å². The molecule has 1 aliphatic heterocycles. The molecule has 1 saturated heterocycles. The van der Waals surface area contributed by atoms with Crippen molar-refractivity contribution in [3.8, 4) is 5.75 Å². The summed E-state index contributed by atoms with van der Waals surface area (Å²) in [7, 11) is 0. The van der Waals surface area contributed by atoms with Gasteiger partial charge in [0.05, 0.1) is 19.1 Å². The zero-order valence-electron chi connectivity index (χ0n) is 32.4. The van der Waals surface area contributed by atoms with Gasteiger partial charge in [-0.05, 0) is 55.4 Å². The van der Waals surface area contributed by atoms with Crippen LogP contribution in [-0.2, 0) is 51.2 Å². The number of carbonyl (C=O) groups is 8. The molecule has 59 heavy (non-hydrogen) atoms. The van der Waals surface area contributed by atoms with Gasteiger partial charge in [-0.1, -0.05) is 42.5 Å². The summed E-state index contributed by atoms with van der Waals surface area (Å²) in [5.74, 6) is -6.44. The minimum absolute atomic E-state index is 0.00423. The van der Waals surface area contributed by atoms with Crippen LogP contribution in [0, 0.1) is 0 Å². The molecule has 1 aliphatic rings. The molecule has 21 nitrogen and oxygen atoms in total. The number of carbonyl (C=O) groups excluding carboxylic acids is 7. The second-order valence-corrected chi connectivity index (χ2v) is 13.9. The molecular weight excluding hydrogens is 770 g/mol. The number of hydrogen-bond donors (Lipinski definition) is 11. The van der Waals surface area contributed by atoms with Crippen LogP contribution in [0.5, 0.6) is 5.75 Å². The van der Waals surface area contributed by atoms with Crippen LogP contribution in [-0.4, -0.2) is 125 Å². The first-order valence-electron chi connectivity index (χ1n) is 18.9. The van der Waals surface area contributed by atoms with Gasteiger partial charge in [0, 0.05) is 32.4 Å². The van der Waals surface area contributed by atoms with Gasteiger partial charge in [-0.2, -0.15) is 0 Å². The van der Waals surface area contributed by atoms with E-state index in [1.807, 2.05) is 0 Å². The quantitative estimate of drug-likeness (QED) is 0.0296. The topological polar surface area (TPSA) is 357 Å². The fourth-order valence-electron chi connectivity index (χ4n) is 6.17. The number of primary amides is 1. The van der Waals surface area contributed by atoms with Gasteiger partial charge in [-0.3, -0.25) is 38.6 Å². The maximum atomic E-state index is 14.1. The molecule has 0 spiro atoms. The normalized spacial score (nSPS) is 15.3. The Labute approximate surface area is 340 Å². The summed E-state index contributed by atoms with van der Waals surface area (Å²) in [4.78, 5) is 107. The van der Waals surface area contributed by atoms with Gasteiger partial charge < -0.3 is 64.6 Å². The fraction of sp³-hybridized carbons (Fsp3) is 0.447. The molecule has 15 N–H and O–H groups in total. The van der Waals surface area contributed by atoms with Gasteiger partial charge in [0.25, 0.3) is 0 Å². The number of hydrogen-bond acceptors (Lipinski definition) is 11. The van der Waals surface area contributed by atoms with Crippen molar-refractivity contribution in [2.24, 2.45) is 27.9 Å². The highest BCUT2D eigenvalue weighted by atomic mass is 16.4. The van der Waals surface area contributed by atoms with Crippen molar-refractivity contribution >= 4 is 53.3 Å². The largest absolute Gasteiger partial charge is 0.508 e. The average molecular weight is 824 g/mol. The van der Waals surface area contributed by atoms with E-state index >= 15 is 0 Å². The van der Waals surface area contributed by atoms with Crippen molar-refractivity contribution in [2.45, 2.75) is 81.6 Å². The zero-order chi connectivity index (χ0) is 43.5. The molecule has 2 aromatic carbocycles. The molecule has 320 valence electrons. The van der Waals surface area contributed by atoms with Crippen LogP contribution >= 0.6 is 0 Å². The lowest BCUT2D eigenvalue weighted by Crippen LogP contribution is -2.57. The van der Waals surface area contributed by atoms with Crippen molar-refractivity contribution in [2.75, 3.05) is 26.2 Å². The Hall–Kier alpha value is -6.77. The number of carboxylic acid groups (broad SMARTS) is 1. The summed E-state index contributed by atoms with van der Waals surface area (Å²) >= 11 is 0. The average Bonchev–Trinajstić information content (AvgIpc) is 3.70. The lowest BCUT2D eigenvalue weighted by atomic mass is 10.0. The smallest absolute Gasteiger partial charge is 0.326 e. The third-order valence-electron chi connectivity index (χ3n) is 9.23. The molecule has 2 aromatic rings. The number of guanidine groups is 1. The number of rotatable bonds is 23. The van der Waals surface area contributed by atoms with Gasteiger partial charge in [0.2, 0.25) is 41.4 Å². The van der Waals surface area contributed by atoms with Crippen molar-refractivity contribution in [3.63, 3.8) is 0 Å². The van der Waals surface area contributed by atoms with Gasteiger partial charge >= 0.3 is 5.97 Å². The molecule has 0 unspecified atom stereocenters. The first-order valence-corrected chi connectivity index (χ1v) is 18.9. The number of phenolic OH excluding ortho intramolecular Hbond substituents is 1. The number of benzene rings is 2. The Bertz CT molecular complexity index is 1820. The molecule has 0 radical (unpaired) electrons. The molecular formula is C38H53N11O10. The van der Waals surface area contributed by atoms with Crippen LogP contribution in [0.4, 0.5) is 0 Å². The Kier molecular flexibility index (Phi) is 18.5. The van der Waals surface area contributed by atoms with E-state index in [9.17, 15) is 48.6 Å². The van der Waals surface area contributed by atoms with E-state index in [1.54, 1.807) is 30.3 Å². The van der Waals surface area contributed by atoms with Crippen LogP contribution in [0.25, 0.3) is 0 Å². The van der Waals surface area contributed by atoms with Crippen LogP contribution in [0.3, 0.4) is 0 Å². The highest BCUT2D eigenvalue weighted by Crippen LogP contribution is 2.21. The highest BCUT2D eigenvalue weighted by Gasteiger charge is 2.39. The van der Waals surface area contributed by atoms with Crippen LogP contribution in [0.2, 0.25) is 0 Å². The molecule has 0 bridgehead atoms. The van der Waals surface area contributed by atoms with Crippen molar-refractivity contribution < 1.29 is 48.6 Å². The third-order valence-corrected chi connectivity index (χ3v) is 9.23. The van der Waals surface area contributed by atoms with Gasteiger partial charge in [-0.25, -0.2) is 4.79 Å². The summed E-state index contributed by atoms with van der Waals surface area (Å²) in [5, 5.41) is 31.8. The minimum atomic E-state index is -1.33. The van der Waals surface area contributed by atoms with E-state index in [0.29, 0.717) is 17.5 Å². The third kappa shape index (κ3) is 16.3. The SMILES string of the molecule is NC(=O)CC[C@H](N)C(=O)NCC(=O)N[C@@H](CCCN=C(N)N)C(=O)NCC(=O)N[C@@H](Cc1ccccc1)C(=O)N1CCC[C@H]1C(=O)N[C@@H](Cc1ccc(O)cc1)C(=O)O. The number of likely N-dealkylation sites (tertiary alicyclic amines) is 1. The Morgan fingerprint density at radius 2 is 1.36 bits per heavy atom. The molecule has 1 fully saturated rings. The molecule has 21 heteroatoms. The fourth-order valence-corrected chi connectivity index (χ4v) is 6.17. The predicted molar refractivity (Wildman–Crippen MR) is 212 cm³/mol. The number of amides is 7. The Morgan fingerprint density at radius 3 is 1.97 bits per heavy atom. The Morgan fingerprint density at radius 1 is 0.763 bits per heavy atom. The predicted octanol–water partition coefficient (Wildman–Crippen LogP) is -3.41. The van der Waals surface area contributed by atoms with Crippen molar-refractivity contribution in [1.82, 2.24) is 31.5 Å². The number of nitrogens with one attached hydrogen (secondary N) is 5. The number of aromatic hydroxyl groups is 1. The van der Waals surface area contributed by atoms with E-state index in [2.05, 4.69) is 31.6 Å². The van der Waals surface area contributed by atoms with Crippen LogP contribution in [0.1, 0.15) is 49.7 Å². The molecule has 7 amide bonds. The van der Waals surface area contributed by atoms with E-state index in [-0.39, 0.29) is 69.7 Å². The summed E-state index contributed by atoms with van der Waals surface area (Å²) in [5.41, 5.74) is 22.8. The first kappa shape index (κ1) is 46.6. The summed E-state index contributed by atoms with van der Waals surface area (Å²) in [6.07, 6.45) is 0.695. The van der Waals surface area contributed by atoms with Gasteiger partial charge in [0.15, 0.2) is 5.96 Å². The Balaban J connectivity index is 1.68. The van der Waals surface area contributed by atoms with E-state index < -0.39 is 90.6 Å². The van der Waals surface area contributed by atoms with Crippen LogP contribution < -0.4 is 49.5 Å². The van der Waals surface area contributed by atoms with Gasteiger partial charge in [0.1, 0.15) is 29.9 Å².